The van der Waals surface area contributed by atoms with Gasteiger partial charge in [0.05, 0.1) is 17.0 Å². The number of nitrogens with one attached hydrogen (secondary N) is 1. The van der Waals surface area contributed by atoms with Crippen LogP contribution in [0.25, 0.3) is 0 Å². The van der Waals surface area contributed by atoms with E-state index in [1.165, 1.54) is 0 Å². The number of sulfone groups is 1. The number of carbonyl (C=O) groups excluding carboxylic acids is 1. The highest BCUT2D eigenvalue weighted by atomic mass is 32.2. The molecule has 138 valence electrons. The Morgan fingerprint density at radius 3 is 2.68 bits per heavy atom. The van der Waals surface area contributed by atoms with Gasteiger partial charge in [-0.15, -0.1) is 0 Å². The van der Waals surface area contributed by atoms with E-state index in [1.807, 2.05) is 11.8 Å². The van der Waals surface area contributed by atoms with Crippen molar-refractivity contribution in [1.82, 2.24) is 15.2 Å². The van der Waals surface area contributed by atoms with E-state index < -0.39 is 20.5 Å². The zero-order valence-electron chi connectivity index (χ0n) is 14.8. The lowest BCUT2D eigenvalue weighted by atomic mass is 10.2. The van der Waals surface area contributed by atoms with Gasteiger partial charge in [0.2, 0.25) is 0 Å². The zero-order chi connectivity index (χ0) is 18.7. The Kier molecular flexibility index (Phi) is 5.66. The van der Waals surface area contributed by atoms with Crippen LogP contribution in [0.15, 0.2) is 23.3 Å². The highest BCUT2D eigenvalue weighted by Gasteiger charge is 2.40. The standard InChI is InChI=1S/C16H25N5O3S/c1-4-18-15(21-7-8-25(23,24)16(2,3)11-21)20-10-12-5-6-13(14(17)22)19-9-12/h5-6,9H,4,7-8,10-11H2,1-3H3,(H2,17,22)(H,18,20). The third kappa shape index (κ3) is 4.47. The lowest BCUT2D eigenvalue weighted by Crippen LogP contribution is -2.57. The smallest absolute Gasteiger partial charge is 0.267 e. The topological polar surface area (TPSA) is 118 Å². The molecule has 2 rings (SSSR count). The van der Waals surface area contributed by atoms with Crippen LogP contribution in [-0.2, 0) is 16.4 Å². The molecular formula is C16H25N5O3S. The molecule has 1 aromatic rings. The van der Waals surface area contributed by atoms with Crippen LogP contribution in [0.4, 0.5) is 0 Å². The second-order valence-electron chi connectivity index (χ2n) is 6.59. The van der Waals surface area contributed by atoms with E-state index in [4.69, 9.17) is 5.73 Å². The molecule has 0 radical (unpaired) electrons. The number of rotatable bonds is 4. The molecule has 0 bridgehead atoms. The maximum Gasteiger partial charge on any atom is 0.267 e. The van der Waals surface area contributed by atoms with Crippen LogP contribution >= 0.6 is 0 Å². The normalized spacial score (nSPS) is 19.5. The lowest BCUT2D eigenvalue weighted by molar-refractivity contribution is 0.0995. The Hall–Kier alpha value is -2.16. The maximum atomic E-state index is 12.2. The van der Waals surface area contributed by atoms with Gasteiger partial charge in [-0.1, -0.05) is 6.07 Å². The van der Waals surface area contributed by atoms with E-state index >= 15 is 0 Å². The number of amides is 1. The molecule has 0 unspecified atom stereocenters. The molecule has 25 heavy (non-hydrogen) atoms. The summed E-state index contributed by atoms with van der Waals surface area (Å²) in [5, 5.41) is 3.20. The van der Waals surface area contributed by atoms with Crippen molar-refractivity contribution < 1.29 is 13.2 Å². The van der Waals surface area contributed by atoms with E-state index in [2.05, 4.69) is 15.3 Å². The average molecular weight is 367 g/mol. The number of primary amides is 1. The third-order valence-corrected chi connectivity index (χ3v) is 6.70. The Morgan fingerprint density at radius 2 is 2.16 bits per heavy atom. The van der Waals surface area contributed by atoms with Gasteiger partial charge in [0.15, 0.2) is 15.8 Å². The van der Waals surface area contributed by atoms with Crippen LogP contribution in [0.2, 0.25) is 0 Å². The predicted molar refractivity (Wildman–Crippen MR) is 97.0 cm³/mol. The van der Waals surface area contributed by atoms with Crippen LogP contribution in [0, 0.1) is 0 Å². The number of nitrogens with zero attached hydrogens (tertiary/aromatic N) is 3. The third-order valence-electron chi connectivity index (χ3n) is 4.17. The summed E-state index contributed by atoms with van der Waals surface area (Å²) in [7, 11) is -3.10. The quantitative estimate of drug-likeness (QED) is 0.578. The first-order valence-electron chi connectivity index (χ1n) is 8.16. The summed E-state index contributed by atoms with van der Waals surface area (Å²) in [6, 6.07) is 3.32. The summed E-state index contributed by atoms with van der Waals surface area (Å²) < 4.78 is 23.5. The highest BCUT2D eigenvalue weighted by Crippen LogP contribution is 2.23. The fourth-order valence-electron chi connectivity index (χ4n) is 2.58. The monoisotopic (exact) mass is 367 g/mol. The number of hydrogen-bond donors (Lipinski definition) is 2. The first-order valence-corrected chi connectivity index (χ1v) is 9.82. The molecular weight excluding hydrogens is 342 g/mol. The van der Waals surface area contributed by atoms with Crippen molar-refractivity contribution in [2.45, 2.75) is 32.1 Å². The molecule has 9 heteroatoms. The molecule has 1 aliphatic rings. The lowest BCUT2D eigenvalue weighted by Gasteiger charge is -2.39. The van der Waals surface area contributed by atoms with Crippen molar-refractivity contribution in [3.63, 3.8) is 0 Å². The maximum absolute atomic E-state index is 12.2. The number of pyridine rings is 1. The van der Waals surface area contributed by atoms with E-state index in [0.717, 1.165) is 5.56 Å². The van der Waals surface area contributed by atoms with Crippen LogP contribution < -0.4 is 11.1 Å². The SMILES string of the molecule is CCNC(=NCc1ccc(C(N)=O)nc1)N1CCS(=O)(=O)C(C)(C)C1. The summed E-state index contributed by atoms with van der Waals surface area (Å²) in [5.41, 5.74) is 6.22. The molecule has 1 saturated heterocycles. The fraction of sp³-hybridized carbons (Fsp3) is 0.562. The first kappa shape index (κ1) is 19.2. The molecule has 1 aliphatic heterocycles. The molecule has 0 aromatic carbocycles. The van der Waals surface area contributed by atoms with Crippen molar-refractivity contribution >= 4 is 21.7 Å². The van der Waals surface area contributed by atoms with Crippen molar-refractivity contribution in [2.24, 2.45) is 10.7 Å². The number of carbonyl (C=O) groups is 1. The number of nitrogens with two attached hydrogens (primary N) is 1. The van der Waals surface area contributed by atoms with Crippen LogP contribution in [0.1, 0.15) is 36.8 Å². The first-order chi connectivity index (χ1) is 11.7. The molecule has 8 nitrogen and oxygen atoms in total. The second kappa shape index (κ2) is 7.38. The van der Waals surface area contributed by atoms with Crippen molar-refractivity contribution in [1.29, 1.82) is 0 Å². The van der Waals surface area contributed by atoms with E-state index in [-0.39, 0.29) is 11.4 Å². The average Bonchev–Trinajstić information content (AvgIpc) is 2.54. The van der Waals surface area contributed by atoms with Gasteiger partial charge in [0, 0.05) is 25.8 Å². The summed E-state index contributed by atoms with van der Waals surface area (Å²) in [6.07, 6.45) is 1.57. The molecule has 1 aromatic heterocycles. The van der Waals surface area contributed by atoms with Crippen LogP contribution in [0.5, 0.6) is 0 Å². The highest BCUT2D eigenvalue weighted by molar-refractivity contribution is 7.92. The summed E-state index contributed by atoms with van der Waals surface area (Å²) in [6.45, 7) is 7.30. The van der Waals surface area contributed by atoms with E-state index in [1.54, 1.807) is 32.2 Å². The van der Waals surface area contributed by atoms with Crippen molar-refractivity contribution in [3.05, 3.63) is 29.6 Å². The van der Waals surface area contributed by atoms with Gasteiger partial charge in [-0.05, 0) is 32.4 Å². The number of aliphatic imine (C=N–C) groups is 1. The molecule has 1 fully saturated rings. The minimum Gasteiger partial charge on any atom is -0.364 e. The molecule has 3 N–H and O–H groups in total. The molecule has 1 amide bonds. The largest absolute Gasteiger partial charge is 0.364 e. The predicted octanol–water partition coefficient (Wildman–Crippen LogP) is 0.155. The van der Waals surface area contributed by atoms with Crippen molar-refractivity contribution in [3.8, 4) is 0 Å². The Bertz CT molecular complexity index is 756. The number of aromatic nitrogens is 1. The number of hydrogen-bond acceptors (Lipinski definition) is 5. The van der Waals surface area contributed by atoms with Crippen LogP contribution in [0.3, 0.4) is 0 Å². The zero-order valence-corrected chi connectivity index (χ0v) is 15.6. The summed E-state index contributed by atoms with van der Waals surface area (Å²) >= 11 is 0. The fourth-order valence-corrected chi connectivity index (χ4v) is 3.95. The van der Waals surface area contributed by atoms with Gasteiger partial charge >= 0.3 is 0 Å². The Labute approximate surface area is 148 Å². The summed E-state index contributed by atoms with van der Waals surface area (Å²) in [5.74, 6) is 0.212. The van der Waals surface area contributed by atoms with Crippen LogP contribution in [-0.4, -0.2) is 60.3 Å². The van der Waals surface area contributed by atoms with Gasteiger partial charge in [0.1, 0.15) is 5.69 Å². The number of guanidine groups is 1. The molecule has 0 atom stereocenters. The molecule has 0 spiro atoms. The van der Waals surface area contributed by atoms with Gasteiger partial charge in [-0.3, -0.25) is 9.78 Å². The minimum absolute atomic E-state index is 0.110. The molecule has 2 heterocycles. The van der Waals surface area contributed by atoms with Gasteiger partial charge in [-0.25, -0.2) is 13.4 Å². The Morgan fingerprint density at radius 1 is 1.44 bits per heavy atom. The van der Waals surface area contributed by atoms with E-state index in [0.29, 0.717) is 32.1 Å². The molecule has 0 saturated carbocycles. The summed E-state index contributed by atoms with van der Waals surface area (Å²) in [4.78, 5) is 21.6. The van der Waals surface area contributed by atoms with Gasteiger partial charge in [-0.2, -0.15) is 0 Å². The van der Waals surface area contributed by atoms with Crippen molar-refractivity contribution in [2.75, 3.05) is 25.4 Å². The van der Waals surface area contributed by atoms with Gasteiger partial charge < -0.3 is 16.0 Å². The second-order valence-corrected chi connectivity index (χ2v) is 9.33. The van der Waals surface area contributed by atoms with Gasteiger partial charge in [0.25, 0.3) is 5.91 Å². The van der Waals surface area contributed by atoms with E-state index in [9.17, 15) is 13.2 Å². The minimum atomic E-state index is -3.10. The molecule has 0 aliphatic carbocycles. The Balaban J connectivity index is 2.14.